The van der Waals surface area contributed by atoms with Crippen molar-refractivity contribution < 1.29 is 63.3 Å². The Morgan fingerprint density at radius 3 is 2.18 bits per heavy atom. The van der Waals surface area contributed by atoms with Gasteiger partial charge >= 0.3 is 11.8 Å². The third kappa shape index (κ3) is 10.4. The van der Waals surface area contributed by atoms with Crippen LogP contribution in [0.15, 0.2) is 42.2 Å². The van der Waals surface area contributed by atoms with Crippen LogP contribution in [0.2, 0.25) is 0 Å². The first kappa shape index (κ1) is 49.5. The summed E-state index contributed by atoms with van der Waals surface area (Å²) in [6, 6.07) is 1.27. The van der Waals surface area contributed by atoms with Crippen LogP contribution in [0.1, 0.15) is 91.1 Å². The maximum absolute atomic E-state index is 14.6. The van der Waals surface area contributed by atoms with Crippen molar-refractivity contribution in [3.63, 3.8) is 0 Å². The van der Waals surface area contributed by atoms with Crippen molar-refractivity contribution >= 4 is 40.0 Å². The molecular weight excluding hydrogens is 803 g/mol. The summed E-state index contributed by atoms with van der Waals surface area (Å²) in [4.78, 5) is 54.2. The highest BCUT2D eigenvalue weighted by Gasteiger charge is 2.50. The molecule has 0 aromatic heterocycles. The Morgan fingerprint density at radius 1 is 0.935 bits per heavy atom. The van der Waals surface area contributed by atoms with Crippen molar-refractivity contribution in [2.24, 2.45) is 23.7 Å². The number of carbonyl (C=O) groups is 4. The number of amides is 2. The van der Waals surface area contributed by atoms with E-state index in [-0.39, 0.29) is 44.7 Å². The molecule has 3 aliphatic rings. The number of rotatable bonds is 10. The molecule has 62 heavy (non-hydrogen) atoms. The van der Waals surface area contributed by atoms with Gasteiger partial charge in [-0.25, -0.2) is 5.01 Å². The predicted molar refractivity (Wildman–Crippen MR) is 233 cm³/mol. The highest BCUT2D eigenvalue weighted by atomic mass is 16.7. The van der Waals surface area contributed by atoms with Crippen molar-refractivity contribution in [2.45, 2.75) is 112 Å². The highest BCUT2D eigenvalue weighted by molar-refractivity contribution is 6.21. The molecule has 9 atom stereocenters. The molecule has 0 aliphatic carbocycles. The van der Waals surface area contributed by atoms with Crippen LogP contribution in [-0.4, -0.2) is 118 Å². The summed E-state index contributed by atoms with van der Waals surface area (Å²) in [5.41, 5.74) is -0.0256. The number of benzene rings is 2. The summed E-state index contributed by atoms with van der Waals surface area (Å²) in [6.45, 7) is 17.3. The van der Waals surface area contributed by atoms with Gasteiger partial charge in [-0.15, -0.1) is 0 Å². The fraction of sp³-hybridized carbons (Fsp3) is 0.565. The van der Waals surface area contributed by atoms with Crippen LogP contribution in [0, 0.1) is 30.6 Å². The molecule has 2 amide bonds. The highest BCUT2D eigenvalue weighted by Crippen LogP contribution is 2.54. The van der Waals surface area contributed by atoms with Crippen LogP contribution in [0.25, 0.3) is 10.8 Å². The van der Waals surface area contributed by atoms with Gasteiger partial charge in [-0.1, -0.05) is 59.8 Å². The fourth-order valence-electron chi connectivity index (χ4n) is 8.07. The second kappa shape index (κ2) is 20.8. The van der Waals surface area contributed by atoms with E-state index in [1.54, 1.807) is 46.9 Å². The Morgan fingerprint density at radius 2 is 1.58 bits per heavy atom. The molecule has 0 radical (unpaired) electrons. The number of allylic oxidation sites excluding steroid dienone is 2. The van der Waals surface area contributed by atoms with Gasteiger partial charge in [0.15, 0.2) is 12.4 Å². The quantitative estimate of drug-likeness (QED) is 0.107. The van der Waals surface area contributed by atoms with E-state index in [0.717, 1.165) is 12.8 Å². The molecule has 3 heterocycles. The summed E-state index contributed by atoms with van der Waals surface area (Å²) >= 11 is 0. The minimum atomic E-state index is -2.04. The van der Waals surface area contributed by atoms with E-state index >= 15 is 0 Å². The van der Waals surface area contributed by atoms with Crippen LogP contribution < -0.4 is 14.8 Å². The molecule has 2 aromatic rings. The van der Waals surface area contributed by atoms with Crippen molar-refractivity contribution in [2.75, 3.05) is 39.2 Å². The second-order valence-corrected chi connectivity index (χ2v) is 16.6. The zero-order valence-electron chi connectivity index (χ0n) is 38.0. The van der Waals surface area contributed by atoms with E-state index < -0.39 is 95.5 Å². The number of nitrogens with one attached hydrogen (secondary N) is 1. The minimum Gasteiger partial charge on any atom is -0.507 e. The van der Waals surface area contributed by atoms with E-state index in [1.807, 2.05) is 18.9 Å². The average Bonchev–Trinajstić information content (AvgIpc) is 3.50. The van der Waals surface area contributed by atoms with Crippen molar-refractivity contribution in [1.82, 2.24) is 10.0 Å². The van der Waals surface area contributed by atoms with E-state index in [9.17, 15) is 39.6 Å². The lowest BCUT2D eigenvalue weighted by molar-refractivity contribution is -0.160. The number of methoxy groups -OCH3 is 1. The largest absolute Gasteiger partial charge is 0.507 e. The zero-order chi connectivity index (χ0) is 46.4. The van der Waals surface area contributed by atoms with Crippen molar-refractivity contribution in [1.29, 1.82) is 0 Å². The smallest absolute Gasteiger partial charge is 0.312 e. The van der Waals surface area contributed by atoms with Gasteiger partial charge in [0.1, 0.15) is 23.4 Å². The molecule has 0 saturated carbocycles. The lowest BCUT2D eigenvalue weighted by Crippen LogP contribution is -2.46. The Kier molecular flexibility index (Phi) is 16.6. The molecule has 0 saturated heterocycles. The molecule has 16 heteroatoms. The normalized spacial score (nSPS) is 29.0. The summed E-state index contributed by atoms with van der Waals surface area (Å²) in [5.74, 6) is -8.13. The third-order valence-electron chi connectivity index (χ3n) is 11.9. The number of likely N-dealkylation sites (N-methyl/N-ethyl adjacent to an activating group) is 1. The number of hydrogen-bond donors (Lipinski definition) is 5. The number of aliphatic hydroxyl groups excluding tert-OH is 2. The second-order valence-electron chi connectivity index (χ2n) is 16.6. The topological polar surface area (TPSA) is 214 Å². The summed E-state index contributed by atoms with van der Waals surface area (Å²) in [5, 5.41) is 52.0. The monoisotopic (exact) mass is 867 g/mol. The SMILES string of the molecule is CCCN(CCC)N(C)C(=O)COc1cc2c(O)c3c(O)c(C)c4c(c13)C(=O)C(C)(O/C=C\C(OC)C(C)C(OC(C)=O)C(C)C(O)C(C)C(O)C(C)/C=C\C=C(\C)C(=O)N2)O4. The van der Waals surface area contributed by atoms with Gasteiger partial charge < -0.3 is 49.4 Å². The number of aliphatic hydroxyl groups is 2. The van der Waals surface area contributed by atoms with Gasteiger partial charge in [0, 0.05) is 87.4 Å². The van der Waals surface area contributed by atoms with Gasteiger partial charge in [-0.05, 0) is 32.8 Å². The van der Waals surface area contributed by atoms with Gasteiger partial charge in [0.25, 0.3) is 17.6 Å². The molecule has 16 nitrogen and oxygen atoms in total. The Labute approximate surface area is 364 Å². The molecule has 5 bridgehead atoms. The summed E-state index contributed by atoms with van der Waals surface area (Å²) in [7, 11) is 3.07. The third-order valence-corrected chi connectivity index (χ3v) is 11.9. The fourth-order valence-corrected chi connectivity index (χ4v) is 8.07. The average molecular weight is 868 g/mol. The van der Waals surface area contributed by atoms with Gasteiger partial charge in [-0.3, -0.25) is 24.2 Å². The number of Topliss-reactive ketones (excluding diaryl/α,β-unsaturated/α-hetero) is 1. The molecule has 5 rings (SSSR count). The molecule has 9 unspecified atom stereocenters. The Bertz CT molecular complexity index is 2080. The number of anilines is 1. The van der Waals surface area contributed by atoms with Crippen LogP contribution in [-0.2, 0) is 28.6 Å². The number of fused-ring (bicyclic) bond motifs is 14. The molecule has 3 aliphatic heterocycles. The number of ketones is 1. The van der Waals surface area contributed by atoms with E-state index in [2.05, 4.69) is 5.32 Å². The van der Waals surface area contributed by atoms with Gasteiger partial charge in [-0.2, -0.15) is 0 Å². The molecular formula is C46H65N3O13. The van der Waals surface area contributed by atoms with Gasteiger partial charge in [0.2, 0.25) is 0 Å². The molecule has 342 valence electrons. The van der Waals surface area contributed by atoms with Crippen LogP contribution in [0.3, 0.4) is 0 Å². The molecule has 2 aromatic carbocycles. The summed E-state index contributed by atoms with van der Waals surface area (Å²) < 4.78 is 29.9. The number of carbonyl (C=O) groups excluding carboxylic acids is 4. The number of esters is 1. The minimum absolute atomic E-state index is 0.0616. The lowest BCUT2D eigenvalue weighted by atomic mass is 9.78. The van der Waals surface area contributed by atoms with E-state index in [1.165, 1.54) is 64.3 Å². The van der Waals surface area contributed by atoms with Gasteiger partial charge in [0.05, 0.1) is 41.2 Å². The number of phenols is 2. The van der Waals surface area contributed by atoms with Crippen molar-refractivity contribution in [3.05, 3.63) is 53.3 Å². The number of aromatic hydroxyl groups is 2. The standard InChI is InChI=1S/C46H65N3O13/c1-13-19-49(20-14-2)48(11)34(51)23-59-33-22-31-41(55)36-35(33)37-43(29(8)40(36)54)62-46(10,44(37)56)60-21-18-32(58-12)26(5)42(61-30(9)50)28(7)39(53)27(6)38(52)24(3)16-15-17-25(4)45(57)47-31/h15-18,21-22,24,26-28,32,38-39,42,52-55H,13-14,19-20,23H2,1-12H3,(H,47,57)/b16-15-,21-18-,25-17-. The number of phenolic OH excluding ortho intramolecular Hbond substituents is 2. The molecule has 0 spiro atoms. The van der Waals surface area contributed by atoms with Crippen LogP contribution in [0.4, 0.5) is 5.69 Å². The zero-order valence-corrected chi connectivity index (χ0v) is 38.0. The lowest BCUT2D eigenvalue weighted by Gasteiger charge is -2.38. The molecule has 0 fully saturated rings. The Balaban J connectivity index is 1.93. The number of ether oxygens (including phenoxy) is 5. The first-order chi connectivity index (χ1) is 29.1. The number of hydrogen-bond acceptors (Lipinski definition) is 14. The number of nitrogens with zero attached hydrogens (tertiary/aromatic N) is 2. The first-order valence-corrected chi connectivity index (χ1v) is 21.2. The predicted octanol–water partition coefficient (Wildman–Crippen LogP) is 5.92. The summed E-state index contributed by atoms with van der Waals surface area (Å²) in [6.07, 6.45) is 5.18. The van der Waals surface area contributed by atoms with E-state index in [0.29, 0.717) is 13.1 Å². The molecule has 5 N–H and O–H groups in total. The number of hydrazine groups is 1. The van der Waals surface area contributed by atoms with Crippen LogP contribution in [0.5, 0.6) is 23.0 Å². The van der Waals surface area contributed by atoms with Crippen molar-refractivity contribution in [3.8, 4) is 23.0 Å². The first-order valence-electron chi connectivity index (χ1n) is 21.2. The maximum atomic E-state index is 14.6. The van der Waals surface area contributed by atoms with E-state index in [4.69, 9.17) is 23.7 Å². The van der Waals surface area contributed by atoms with Crippen LogP contribution >= 0.6 is 0 Å². The Hall–Kier alpha value is -5.16. The maximum Gasteiger partial charge on any atom is 0.312 e.